The van der Waals surface area contributed by atoms with Gasteiger partial charge in [0.05, 0.1) is 5.52 Å². The molecular formula is C9H7FN2O2. The number of hydrogen-bond acceptors (Lipinski definition) is 3. The molecule has 0 atom stereocenters. The molecule has 0 saturated carbocycles. The molecule has 2 N–H and O–H groups in total. The Labute approximate surface area is 78.7 Å². The van der Waals surface area contributed by atoms with E-state index in [2.05, 4.69) is 10.2 Å². The maximum absolute atomic E-state index is 12.9. The summed E-state index contributed by atoms with van der Waals surface area (Å²) in [6.07, 6.45) is 1.54. The SMILES string of the molecule is O.O=Nc1cc(F)cc2cccnc12. The number of halogens is 1. The number of rotatable bonds is 1. The molecule has 0 amide bonds. The molecule has 1 aromatic carbocycles. The summed E-state index contributed by atoms with van der Waals surface area (Å²) < 4.78 is 12.9. The van der Waals surface area contributed by atoms with Gasteiger partial charge in [0.15, 0.2) is 0 Å². The van der Waals surface area contributed by atoms with Crippen molar-refractivity contribution in [3.8, 4) is 0 Å². The Morgan fingerprint density at radius 2 is 2.14 bits per heavy atom. The second-order valence-electron chi connectivity index (χ2n) is 2.59. The summed E-state index contributed by atoms with van der Waals surface area (Å²) in [5.74, 6) is -0.477. The molecule has 2 aromatic rings. The Balaban J connectivity index is 0.000000980. The quantitative estimate of drug-likeness (QED) is 0.650. The summed E-state index contributed by atoms with van der Waals surface area (Å²) in [6.45, 7) is 0. The van der Waals surface area contributed by atoms with Crippen molar-refractivity contribution in [1.82, 2.24) is 4.98 Å². The zero-order chi connectivity index (χ0) is 9.26. The highest BCUT2D eigenvalue weighted by molar-refractivity contribution is 5.88. The van der Waals surface area contributed by atoms with Crippen LogP contribution in [-0.4, -0.2) is 10.5 Å². The fourth-order valence-corrected chi connectivity index (χ4v) is 1.21. The third-order valence-electron chi connectivity index (χ3n) is 1.75. The van der Waals surface area contributed by atoms with Crippen molar-refractivity contribution in [2.24, 2.45) is 5.18 Å². The Bertz CT molecular complexity index is 473. The van der Waals surface area contributed by atoms with Crippen LogP contribution in [0.5, 0.6) is 0 Å². The lowest BCUT2D eigenvalue weighted by Gasteiger charge is -1.97. The van der Waals surface area contributed by atoms with Crippen LogP contribution in [0.15, 0.2) is 35.6 Å². The third kappa shape index (κ3) is 1.57. The number of nitrogens with zero attached hydrogens (tertiary/aromatic N) is 2. The molecule has 0 unspecified atom stereocenters. The van der Waals surface area contributed by atoms with E-state index < -0.39 is 5.82 Å². The minimum absolute atomic E-state index is 0. The van der Waals surface area contributed by atoms with E-state index in [0.717, 1.165) is 6.07 Å². The van der Waals surface area contributed by atoms with Crippen molar-refractivity contribution >= 4 is 16.6 Å². The van der Waals surface area contributed by atoms with Crippen LogP contribution < -0.4 is 0 Å². The molecule has 2 rings (SSSR count). The van der Waals surface area contributed by atoms with E-state index in [-0.39, 0.29) is 11.2 Å². The van der Waals surface area contributed by atoms with Crippen molar-refractivity contribution in [1.29, 1.82) is 0 Å². The van der Waals surface area contributed by atoms with Crippen molar-refractivity contribution in [2.45, 2.75) is 0 Å². The van der Waals surface area contributed by atoms with Gasteiger partial charge in [-0.15, -0.1) is 4.91 Å². The van der Waals surface area contributed by atoms with Gasteiger partial charge in [0.1, 0.15) is 11.5 Å². The molecule has 1 aromatic heterocycles. The van der Waals surface area contributed by atoms with Crippen molar-refractivity contribution in [2.75, 3.05) is 0 Å². The maximum Gasteiger partial charge on any atom is 0.137 e. The average Bonchev–Trinajstić information content (AvgIpc) is 2.16. The molecule has 0 aliphatic rings. The molecular weight excluding hydrogens is 187 g/mol. The van der Waals surface area contributed by atoms with Crippen LogP contribution >= 0.6 is 0 Å². The zero-order valence-electron chi connectivity index (χ0n) is 7.07. The monoisotopic (exact) mass is 194 g/mol. The van der Waals surface area contributed by atoms with E-state index in [1.165, 1.54) is 12.3 Å². The molecule has 0 radical (unpaired) electrons. The Hall–Kier alpha value is -1.88. The first-order valence-electron chi connectivity index (χ1n) is 3.69. The maximum atomic E-state index is 12.9. The number of pyridine rings is 1. The summed E-state index contributed by atoms with van der Waals surface area (Å²) in [5.41, 5.74) is 0.467. The van der Waals surface area contributed by atoms with Gasteiger partial charge in [0, 0.05) is 17.6 Å². The molecule has 5 heteroatoms. The summed E-state index contributed by atoms with van der Waals surface area (Å²) in [5, 5.41) is 3.29. The highest BCUT2D eigenvalue weighted by Gasteiger charge is 2.04. The summed E-state index contributed by atoms with van der Waals surface area (Å²) in [6, 6.07) is 5.75. The van der Waals surface area contributed by atoms with Crippen LogP contribution in [0.1, 0.15) is 0 Å². The molecule has 0 aliphatic carbocycles. The Morgan fingerprint density at radius 3 is 2.86 bits per heavy atom. The minimum Gasteiger partial charge on any atom is -0.412 e. The van der Waals surface area contributed by atoms with Crippen LogP contribution in [0.2, 0.25) is 0 Å². The van der Waals surface area contributed by atoms with E-state index >= 15 is 0 Å². The van der Waals surface area contributed by atoms with Crippen LogP contribution in [0.3, 0.4) is 0 Å². The smallest absolute Gasteiger partial charge is 0.137 e. The number of benzene rings is 1. The van der Waals surface area contributed by atoms with E-state index in [0.29, 0.717) is 10.9 Å². The van der Waals surface area contributed by atoms with Gasteiger partial charge in [-0.2, -0.15) is 0 Å². The Kier molecular flexibility index (Phi) is 2.83. The summed E-state index contributed by atoms with van der Waals surface area (Å²) >= 11 is 0. The molecule has 0 fully saturated rings. The molecule has 0 aliphatic heterocycles. The van der Waals surface area contributed by atoms with Gasteiger partial charge < -0.3 is 5.48 Å². The van der Waals surface area contributed by atoms with Crippen LogP contribution in [0.4, 0.5) is 10.1 Å². The van der Waals surface area contributed by atoms with Gasteiger partial charge in [-0.3, -0.25) is 4.98 Å². The molecule has 0 saturated heterocycles. The zero-order valence-corrected chi connectivity index (χ0v) is 7.07. The van der Waals surface area contributed by atoms with E-state index in [1.807, 2.05) is 0 Å². The van der Waals surface area contributed by atoms with E-state index in [1.54, 1.807) is 12.1 Å². The van der Waals surface area contributed by atoms with Crippen molar-refractivity contribution < 1.29 is 9.87 Å². The number of hydrogen-bond donors (Lipinski definition) is 0. The van der Waals surface area contributed by atoms with Crippen LogP contribution in [0.25, 0.3) is 10.9 Å². The van der Waals surface area contributed by atoms with Gasteiger partial charge >= 0.3 is 0 Å². The van der Waals surface area contributed by atoms with E-state index in [4.69, 9.17) is 0 Å². The number of aromatic nitrogens is 1. The molecule has 14 heavy (non-hydrogen) atoms. The molecule has 0 bridgehead atoms. The lowest BCUT2D eigenvalue weighted by Crippen LogP contribution is -1.80. The first kappa shape index (κ1) is 10.2. The first-order valence-corrected chi connectivity index (χ1v) is 3.69. The highest BCUT2D eigenvalue weighted by atomic mass is 19.1. The Morgan fingerprint density at radius 1 is 1.36 bits per heavy atom. The molecule has 72 valence electrons. The molecule has 0 spiro atoms. The van der Waals surface area contributed by atoms with Gasteiger partial charge in [0.2, 0.25) is 0 Å². The highest BCUT2D eigenvalue weighted by Crippen LogP contribution is 2.24. The van der Waals surface area contributed by atoms with Crippen LogP contribution in [-0.2, 0) is 0 Å². The van der Waals surface area contributed by atoms with Gasteiger partial charge in [-0.1, -0.05) is 6.07 Å². The fraction of sp³-hybridized carbons (Fsp3) is 0. The predicted octanol–water partition coefficient (Wildman–Crippen LogP) is 1.95. The average molecular weight is 194 g/mol. The molecule has 1 heterocycles. The minimum atomic E-state index is -0.477. The molecule has 4 nitrogen and oxygen atoms in total. The third-order valence-corrected chi connectivity index (χ3v) is 1.75. The normalized spacial score (nSPS) is 9.50. The van der Waals surface area contributed by atoms with Gasteiger partial charge in [-0.05, 0) is 17.3 Å². The summed E-state index contributed by atoms with van der Waals surface area (Å²) in [7, 11) is 0. The lowest BCUT2D eigenvalue weighted by atomic mass is 10.2. The number of fused-ring (bicyclic) bond motifs is 1. The van der Waals surface area contributed by atoms with Crippen LogP contribution in [0, 0.1) is 10.7 Å². The van der Waals surface area contributed by atoms with Crippen molar-refractivity contribution in [3.63, 3.8) is 0 Å². The second-order valence-corrected chi connectivity index (χ2v) is 2.59. The predicted molar refractivity (Wildman–Crippen MR) is 50.8 cm³/mol. The fourth-order valence-electron chi connectivity index (χ4n) is 1.21. The largest absolute Gasteiger partial charge is 0.412 e. The van der Waals surface area contributed by atoms with Gasteiger partial charge in [0.25, 0.3) is 0 Å². The summed E-state index contributed by atoms with van der Waals surface area (Å²) in [4.78, 5) is 14.2. The first-order chi connectivity index (χ1) is 6.31. The number of nitroso groups, excluding NO2 is 1. The van der Waals surface area contributed by atoms with Gasteiger partial charge in [-0.25, -0.2) is 4.39 Å². The standard InChI is InChI=1S/C9H5FN2O.H2O/c10-7-4-6-2-1-3-11-9(6)8(5-7)12-13;/h1-5H;1H2. The topological polar surface area (TPSA) is 73.8 Å². The lowest BCUT2D eigenvalue weighted by molar-refractivity contribution is 0.630. The van der Waals surface area contributed by atoms with Crippen molar-refractivity contribution in [3.05, 3.63) is 41.2 Å². The van der Waals surface area contributed by atoms with E-state index in [9.17, 15) is 9.30 Å². The second kappa shape index (κ2) is 3.89.